The average Bonchev–Trinajstić information content (AvgIpc) is 2.78. The molecule has 0 unspecified atom stereocenters. The first kappa shape index (κ1) is 7.52. The molecule has 6 fully saturated rings. The summed E-state index contributed by atoms with van der Waals surface area (Å²) in [5.74, 6) is 5.56. The topological polar surface area (TPSA) is 26.3 Å². The number of esters is 1. The molecule has 7 rings (SSSR count). The van der Waals surface area contributed by atoms with Crippen molar-refractivity contribution in [3.8, 4) is 0 Å². The molecule has 0 heterocycles. The summed E-state index contributed by atoms with van der Waals surface area (Å²) in [4.78, 5) is 11.8. The van der Waals surface area contributed by atoms with E-state index in [-0.39, 0.29) is 5.97 Å². The number of fused-ring (bicyclic) bond motifs is 2. The average molecular weight is 214 g/mol. The van der Waals surface area contributed by atoms with Crippen molar-refractivity contribution in [2.24, 2.45) is 46.3 Å². The molecule has 7 aliphatic rings. The fraction of sp³-hybridized carbons (Fsp3) is 0.786. The van der Waals surface area contributed by atoms with Crippen LogP contribution in [-0.2, 0) is 9.53 Å². The highest BCUT2D eigenvalue weighted by Crippen LogP contribution is 3.11. The number of hydrogen-bond donors (Lipinski definition) is 0. The maximum atomic E-state index is 11.8. The molecule has 2 heteroatoms. The van der Waals surface area contributed by atoms with Gasteiger partial charge in [-0.2, -0.15) is 0 Å². The fourth-order valence-electron chi connectivity index (χ4n) is 7.73. The normalized spacial score (nSPS) is 72.7. The van der Waals surface area contributed by atoms with E-state index in [4.69, 9.17) is 4.74 Å². The minimum absolute atomic E-state index is 0.0383. The number of rotatable bonds is 1. The summed E-state index contributed by atoms with van der Waals surface area (Å²) in [5, 5.41) is 0. The zero-order chi connectivity index (χ0) is 10.4. The van der Waals surface area contributed by atoms with Gasteiger partial charge in [0.1, 0.15) is 0 Å². The van der Waals surface area contributed by atoms with Crippen LogP contribution in [0.1, 0.15) is 12.8 Å². The zero-order valence-corrected chi connectivity index (χ0v) is 9.27. The summed E-state index contributed by atoms with van der Waals surface area (Å²) in [5.41, 5.74) is 2.44. The maximum absolute atomic E-state index is 11.8. The van der Waals surface area contributed by atoms with Gasteiger partial charge in [0.15, 0.2) is 0 Å². The number of allylic oxidation sites excluding steroid dienone is 1. The van der Waals surface area contributed by atoms with Crippen molar-refractivity contribution < 1.29 is 9.53 Å². The highest BCUT2D eigenvalue weighted by atomic mass is 16.5. The van der Waals surface area contributed by atoms with Gasteiger partial charge in [0.25, 0.3) is 0 Å². The molecule has 0 aromatic rings. The third-order valence-electron chi connectivity index (χ3n) is 7.48. The Balaban J connectivity index is 1.57. The number of carbonyl (C=O) groups is 1. The molecule has 0 aromatic heterocycles. The van der Waals surface area contributed by atoms with Crippen LogP contribution >= 0.6 is 0 Å². The number of hydrogen-bond acceptors (Lipinski definition) is 2. The Kier molecular flexibility index (Phi) is 0.758. The van der Waals surface area contributed by atoms with E-state index >= 15 is 0 Å². The fourth-order valence-corrected chi connectivity index (χ4v) is 7.73. The molecule has 7 aliphatic carbocycles. The minimum atomic E-state index is -0.0383. The van der Waals surface area contributed by atoms with E-state index < -0.39 is 0 Å². The molecule has 16 heavy (non-hydrogen) atoms. The van der Waals surface area contributed by atoms with Crippen molar-refractivity contribution in [2.75, 3.05) is 7.11 Å². The van der Waals surface area contributed by atoms with Gasteiger partial charge in [0, 0.05) is 5.57 Å². The van der Waals surface area contributed by atoms with E-state index in [1.807, 2.05) is 0 Å². The first-order valence-electron chi connectivity index (χ1n) is 6.59. The van der Waals surface area contributed by atoms with Crippen LogP contribution in [-0.4, -0.2) is 13.1 Å². The third-order valence-corrected chi connectivity index (χ3v) is 7.48. The van der Waals surface area contributed by atoms with Crippen LogP contribution in [0.3, 0.4) is 0 Å². The van der Waals surface area contributed by atoms with Crippen molar-refractivity contribution in [1.29, 1.82) is 0 Å². The molecule has 0 amide bonds. The Morgan fingerprint density at radius 1 is 1.31 bits per heavy atom. The van der Waals surface area contributed by atoms with Crippen molar-refractivity contribution in [2.45, 2.75) is 12.8 Å². The van der Waals surface area contributed by atoms with E-state index in [0.717, 1.165) is 40.6 Å². The summed E-state index contributed by atoms with van der Waals surface area (Å²) in [6.45, 7) is 0. The van der Waals surface area contributed by atoms with Crippen LogP contribution in [0, 0.1) is 46.3 Å². The van der Waals surface area contributed by atoms with Gasteiger partial charge in [-0.3, -0.25) is 0 Å². The monoisotopic (exact) mass is 214 g/mol. The maximum Gasteiger partial charge on any atom is 0.333 e. The lowest BCUT2D eigenvalue weighted by Gasteiger charge is -2.39. The van der Waals surface area contributed by atoms with Gasteiger partial charge >= 0.3 is 5.97 Å². The second kappa shape index (κ2) is 1.61. The molecule has 0 N–H and O–H groups in total. The molecule has 4 bridgehead atoms. The third kappa shape index (κ3) is 0.358. The standard InChI is InChI=1S/C14H14O2/c1-16-12(15)6-2-5-3-7(6)14-9-4-8-10(11(9)14)13(5,8)14/h2,5,7-11H,3-4H2,1H3/t5-,7+,8-,9-,10+,11-,13+,14-/m0/s1. The molecule has 0 radical (unpaired) electrons. The highest BCUT2D eigenvalue weighted by Gasteiger charge is 3.08. The first-order chi connectivity index (χ1) is 7.79. The van der Waals surface area contributed by atoms with E-state index in [1.54, 1.807) is 0 Å². The molecule has 0 aliphatic heterocycles. The van der Waals surface area contributed by atoms with E-state index in [0.29, 0.717) is 11.3 Å². The van der Waals surface area contributed by atoms with Gasteiger partial charge in [-0.25, -0.2) is 4.79 Å². The van der Waals surface area contributed by atoms with Crippen LogP contribution in [0.2, 0.25) is 0 Å². The molecule has 6 saturated carbocycles. The van der Waals surface area contributed by atoms with Gasteiger partial charge in [-0.15, -0.1) is 0 Å². The highest BCUT2D eigenvalue weighted by molar-refractivity contribution is 5.91. The SMILES string of the molecule is COC(=O)C1=C[C@H]2C[C@H]1[C@@]13[C@@H]4[C@H]5[C@H](C[C@@H]41)[C@@]523. The lowest BCUT2D eigenvalue weighted by atomic mass is 9.64. The quantitative estimate of drug-likeness (QED) is 0.620. The number of carbonyl (C=O) groups excluding carboxylic acids is 1. The largest absolute Gasteiger partial charge is 0.466 e. The van der Waals surface area contributed by atoms with Crippen LogP contribution in [0.15, 0.2) is 11.6 Å². The van der Waals surface area contributed by atoms with Crippen LogP contribution in [0.5, 0.6) is 0 Å². The van der Waals surface area contributed by atoms with Crippen molar-refractivity contribution in [3.05, 3.63) is 11.6 Å². The van der Waals surface area contributed by atoms with E-state index in [1.165, 1.54) is 20.0 Å². The summed E-state index contributed by atoms with van der Waals surface area (Å²) in [6, 6.07) is 0. The van der Waals surface area contributed by atoms with Crippen LogP contribution < -0.4 is 0 Å². The Bertz CT molecular complexity index is 509. The summed E-state index contributed by atoms with van der Waals surface area (Å²) < 4.78 is 4.95. The Morgan fingerprint density at radius 3 is 2.75 bits per heavy atom. The molecule has 0 saturated heterocycles. The Labute approximate surface area is 94.0 Å². The first-order valence-corrected chi connectivity index (χ1v) is 6.59. The predicted molar refractivity (Wildman–Crippen MR) is 55.1 cm³/mol. The van der Waals surface area contributed by atoms with Gasteiger partial charge in [0.05, 0.1) is 7.11 Å². The lowest BCUT2D eigenvalue weighted by Crippen LogP contribution is -2.38. The summed E-state index contributed by atoms with van der Waals surface area (Å²) in [6.07, 6.45) is 5.08. The van der Waals surface area contributed by atoms with Crippen LogP contribution in [0.4, 0.5) is 0 Å². The molecule has 8 atom stereocenters. The van der Waals surface area contributed by atoms with E-state index in [9.17, 15) is 4.79 Å². The van der Waals surface area contributed by atoms with Crippen molar-refractivity contribution >= 4 is 5.97 Å². The van der Waals surface area contributed by atoms with Gasteiger partial charge < -0.3 is 4.74 Å². The molecular weight excluding hydrogens is 200 g/mol. The van der Waals surface area contributed by atoms with Gasteiger partial charge in [-0.1, -0.05) is 6.08 Å². The van der Waals surface area contributed by atoms with Gasteiger partial charge in [0.2, 0.25) is 0 Å². The zero-order valence-electron chi connectivity index (χ0n) is 9.27. The van der Waals surface area contributed by atoms with Crippen molar-refractivity contribution in [3.63, 3.8) is 0 Å². The van der Waals surface area contributed by atoms with Crippen molar-refractivity contribution in [1.82, 2.24) is 0 Å². The number of methoxy groups -OCH3 is 1. The molecule has 82 valence electrons. The second-order valence-electron chi connectivity index (χ2n) is 6.87. The smallest absolute Gasteiger partial charge is 0.333 e. The second-order valence-corrected chi connectivity index (χ2v) is 6.87. The molecular formula is C14H14O2. The Hall–Kier alpha value is -0.790. The number of ether oxygens (including phenoxy) is 1. The van der Waals surface area contributed by atoms with Gasteiger partial charge in [-0.05, 0) is 59.2 Å². The summed E-state index contributed by atoms with van der Waals surface area (Å²) in [7, 11) is 1.52. The predicted octanol–water partition coefficient (Wildman–Crippen LogP) is 1.62. The van der Waals surface area contributed by atoms with E-state index in [2.05, 4.69) is 6.08 Å². The van der Waals surface area contributed by atoms with Crippen LogP contribution in [0.25, 0.3) is 0 Å². The molecule has 0 aromatic carbocycles. The Morgan fingerprint density at radius 2 is 2.06 bits per heavy atom. The minimum Gasteiger partial charge on any atom is -0.466 e. The summed E-state index contributed by atoms with van der Waals surface area (Å²) >= 11 is 0. The lowest BCUT2D eigenvalue weighted by molar-refractivity contribution is -0.137. The molecule has 2 nitrogen and oxygen atoms in total. The molecule has 2 spiro atoms.